The lowest BCUT2D eigenvalue weighted by molar-refractivity contribution is -0.134. The van der Waals surface area contributed by atoms with Crippen molar-refractivity contribution >= 4 is 17.7 Å². The zero-order valence-corrected chi connectivity index (χ0v) is 12.2. The van der Waals surface area contributed by atoms with Crippen molar-refractivity contribution in [1.29, 1.82) is 0 Å². The number of benzene rings is 1. The average Bonchev–Trinajstić information content (AvgIpc) is 2.43. The third-order valence-corrected chi connectivity index (χ3v) is 3.50. The topological polar surface area (TPSA) is 75.3 Å². The lowest BCUT2D eigenvalue weighted by atomic mass is 9.99. The Bertz CT molecular complexity index is 644. The molecule has 7 heteroatoms. The highest BCUT2D eigenvalue weighted by Crippen LogP contribution is 2.22. The van der Waals surface area contributed by atoms with E-state index in [1.165, 1.54) is 0 Å². The fraction of sp³-hybridized carbons (Fsp3) is 0.400. The number of hydrogen-bond acceptors (Lipinski definition) is 3. The highest BCUT2D eigenvalue weighted by Gasteiger charge is 2.29. The predicted octanol–water partition coefficient (Wildman–Crippen LogP) is 1.62. The van der Waals surface area contributed by atoms with Gasteiger partial charge in [-0.05, 0) is 30.0 Å². The standard InChI is InChI=1S/C15H16F2N2O3/c1-7(2)8-5-11(17)9(6-10(8)16)14(21)18-12-3-4-13(20)19-15(12)22/h5-7,12H,3-4H2,1-2H3,(H,18,21)(H,19,20,22). The molecule has 1 unspecified atom stereocenters. The van der Waals surface area contributed by atoms with Crippen molar-refractivity contribution in [2.45, 2.75) is 38.6 Å². The van der Waals surface area contributed by atoms with Gasteiger partial charge in [0.15, 0.2) is 0 Å². The fourth-order valence-electron chi connectivity index (χ4n) is 2.25. The van der Waals surface area contributed by atoms with E-state index in [2.05, 4.69) is 10.6 Å². The summed E-state index contributed by atoms with van der Waals surface area (Å²) in [4.78, 5) is 34.6. The van der Waals surface area contributed by atoms with Crippen molar-refractivity contribution in [3.05, 3.63) is 34.9 Å². The highest BCUT2D eigenvalue weighted by atomic mass is 19.1. The van der Waals surface area contributed by atoms with Crippen molar-refractivity contribution < 1.29 is 23.2 Å². The van der Waals surface area contributed by atoms with Gasteiger partial charge in [0.05, 0.1) is 5.56 Å². The normalized spacial score (nSPS) is 18.3. The summed E-state index contributed by atoms with van der Waals surface area (Å²) >= 11 is 0. The van der Waals surface area contributed by atoms with Crippen LogP contribution in [0.4, 0.5) is 8.78 Å². The second kappa shape index (κ2) is 6.21. The Labute approximate surface area is 126 Å². The van der Waals surface area contributed by atoms with Crippen molar-refractivity contribution in [3.8, 4) is 0 Å². The summed E-state index contributed by atoms with van der Waals surface area (Å²) in [5, 5.41) is 4.39. The Morgan fingerprint density at radius 2 is 1.95 bits per heavy atom. The van der Waals surface area contributed by atoms with Gasteiger partial charge in [-0.2, -0.15) is 0 Å². The Hall–Kier alpha value is -2.31. The average molecular weight is 310 g/mol. The van der Waals surface area contributed by atoms with E-state index in [-0.39, 0.29) is 24.3 Å². The minimum absolute atomic E-state index is 0.0832. The number of nitrogens with one attached hydrogen (secondary N) is 2. The molecule has 1 aromatic carbocycles. The zero-order chi connectivity index (χ0) is 16.4. The number of carbonyl (C=O) groups is 3. The summed E-state index contributed by atoms with van der Waals surface area (Å²) < 4.78 is 27.8. The van der Waals surface area contributed by atoms with Crippen LogP contribution < -0.4 is 10.6 Å². The van der Waals surface area contributed by atoms with E-state index in [0.717, 1.165) is 12.1 Å². The summed E-state index contributed by atoms with van der Waals surface area (Å²) in [6.07, 6.45) is 0.213. The molecule has 3 amide bonds. The molecule has 2 N–H and O–H groups in total. The van der Waals surface area contributed by atoms with Crippen LogP contribution in [0.15, 0.2) is 12.1 Å². The quantitative estimate of drug-likeness (QED) is 0.833. The van der Waals surface area contributed by atoms with Gasteiger partial charge in [0.25, 0.3) is 5.91 Å². The van der Waals surface area contributed by atoms with Gasteiger partial charge in [-0.25, -0.2) is 8.78 Å². The maximum Gasteiger partial charge on any atom is 0.255 e. The molecule has 118 valence electrons. The first-order valence-electron chi connectivity index (χ1n) is 6.93. The van der Waals surface area contributed by atoms with E-state index in [0.29, 0.717) is 0 Å². The molecule has 1 heterocycles. The van der Waals surface area contributed by atoms with Crippen LogP contribution in [-0.4, -0.2) is 23.8 Å². The van der Waals surface area contributed by atoms with Crippen LogP contribution >= 0.6 is 0 Å². The molecule has 0 aromatic heterocycles. The van der Waals surface area contributed by atoms with Gasteiger partial charge in [-0.1, -0.05) is 13.8 Å². The molecule has 1 aromatic rings. The first-order valence-corrected chi connectivity index (χ1v) is 6.93. The van der Waals surface area contributed by atoms with Crippen LogP contribution in [0.25, 0.3) is 0 Å². The number of imide groups is 1. The molecule has 0 radical (unpaired) electrons. The number of amides is 3. The second-order valence-corrected chi connectivity index (χ2v) is 5.49. The van der Waals surface area contributed by atoms with Crippen molar-refractivity contribution in [2.75, 3.05) is 0 Å². The maximum atomic E-state index is 14.0. The predicted molar refractivity (Wildman–Crippen MR) is 74.1 cm³/mol. The maximum absolute atomic E-state index is 14.0. The summed E-state index contributed by atoms with van der Waals surface area (Å²) in [5.41, 5.74) is -0.290. The largest absolute Gasteiger partial charge is 0.340 e. The lowest BCUT2D eigenvalue weighted by Gasteiger charge is -2.22. The van der Waals surface area contributed by atoms with E-state index in [9.17, 15) is 23.2 Å². The molecule has 0 aliphatic carbocycles. The van der Waals surface area contributed by atoms with E-state index in [1.54, 1.807) is 13.8 Å². The first-order chi connectivity index (χ1) is 10.3. The van der Waals surface area contributed by atoms with Gasteiger partial charge in [-0.3, -0.25) is 19.7 Å². The number of halogens is 2. The lowest BCUT2D eigenvalue weighted by Crippen LogP contribution is -2.52. The third-order valence-electron chi connectivity index (χ3n) is 3.50. The number of carbonyl (C=O) groups excluding carboxylic acids is 3. The molecule has 0 spiro atoms. The number of hydrogen-bond donors (Lipinski definition) is 2. The van der Waals surface area contributed by atoms with Gasteiger partial charge in [-0.15, -0.1) is 0 Å². The second-order valence-electron chi connectivity index (χ2n) is 5.49. The van der Waals surface area contributed by atoms with Crippen LogP contribution in [0.1, 0.15) is 48.5 Å². The SMILES string of the molecule is CC(C)c1cc(F)c(C(=O)NC2CCC(=O)NC2=O)cc1F. The number of rotatable bonds is 3. The molecule has 1 atom stereocenters. The molecule has 1 aliphatic rings. The van der Waals surface area contributed by atoms with Gasteiger partial charge in [0, 0.05) is 6.42 Å². The highest BCUT2D eigenvalue weighted by molar-refractivity contribution is 6.03. The summed E-state index contributed by atoms with van der Waals surface area (Å²) in [6, 6.07) is 0.878. The molecule has 1 fully saturated rings. The third kappa shape index (κ3) is 3.29. The molecular formula is C15H16F2N2O3. The van der Waals surface area contributed by atoms with E-state index >= 15 is 0 Å². The molecule has 22 heavy (non-hydrogen) atoms. The molecular weight excluding hydrogens is 294 g/mol. The Morgan fingerprint density at radius 3 is 2.55 bits per heavy atom. The Balaban J connectivity index is 2.18. The van der Waals surface area contributed by atoms with Crippen molar-refractivity contribution in [2.24, 2.45) is 0 Å². The van der Waals surface area contributed by atoms with Gasteiger partial charge >= 0.3 is 0 Å². The summed E-state index contributed by atoms with van der Waals surface area (Å²) in [5.74, 6) is -3.71. The van der Waals surface area contributed by atoms with Crippen LogP contribution in [0.5, 0.6) is 0 Å². The Morgan fingerprint density at radius 1 is 1.27 bits per heavy atom. The van der Waals surface area contributed by atoms with Crippen LogP contribution in [0.3, 0.4) is 0 Å². The molecule has 5 nitrogen and oxygen atoms in total. The molecule has 0 saturated carbocycles. The van der Waals surface area contributed by atoms with Crippen LogP contribution in [0.2, 0.25) is 0 Å². The molecule has 2 rings (SSSR count). The van der Waals surface area contributed by atoms with E-state index in [4.69, 9.17) is 0 Å². The molecule has 0 bridgehead atoms. The smallest absolute Gasteiger partial charge is 0.255 e. The molecule has 1 saturated heterocycles. The van der Waals surface area contributed by atoms with E-state index < -0.39 is 41.0 Å². The van der Waals surface area contributed by atoms with Crippen molar-refractivity contribution in [3.63, 3.8) is 0 Å². The van der Waals surface area contributed by atoms with Gasteiger partial charge < -0.3 is 5.32 Å². The monoisotopic (exact) mass is 310 g/mol. The number of piperidine rings is 1. The van der Waals surface area contributed by atoms with Crippen LogP contribution in [0, 0.1) is 11.6 Å². The first kappa shape index (κ1) is 16.1. The Kier molecular flexibility index (Phi) is 4.54. The fourth-order valence-corrected chi connectivity index (χ4v) is 2.25. The van der Waals surface area contributed by atoms with Gasteiger partial charge in [0.1, 0.15) is 17.7 Å². The minimum atomic E-state index is -0.933. The van der Waals surface area contributed by atoms with Crippen LogP contribution in [-0.2, 0) is 9.59 Å². The molecule has 1 aliphatic heterocycles. The van der Waals surface area contributed by atoms with E-state index in [1.807, 2.05) is 0 Å². The summed E-state index contributed by atoms with van der Waals surface area (Å²) in [7, 11) is 0. The minimum Gasteiger partial charge on any atom is -0.340 e. The summed E-state index contributed by atoms with van der Waals surface area (Å²) in [6.45, 7) is 3.42. The van der Waals surface area contributed by atoms with Gasteiger partial charge in [0.2, 0.25) is 11.8 Å². The van der Waals surface area contributed by atoms with Crippen molar-refractivity contribution in [1.82, 2.24) is 10.6 Å². The zero-order valence-electron chi connectivity index (χ0n) is 12.2.